The van der Waals surface area contributed by atoms with Crippen LogP contribution in [0.1, 0.15) is 336 Å². The molecule has 5 unspecified atom stereocenters. The van der Waals surface area contributed by atoms with Gasteiger partial charge in [-0.1, -0.05) is 288 Å². The van der Waals surface area contributed by atoms with Crippen molar-refractivity contribution in [1.82, 2.24) is 0 Å². The smallest absolute Gasteiger partial charge is 0.462 e. The Labute approximate surface area is 571 Å². The molecule has 0 aromatic heterocycles. The molecule has 0 saturated carbocycles. The Hall–Kier alpha value is -3.24. The Morgan fingerprint density at radius 2 is 0.564 bits per heavy atom. The number of hydrogen-bond acceptors (Lipinski definition) is 15. The Bertz CT molecular complexity index is 2030. The van der Waals surface area contributed by atoms with Gasteiger partial charge in [-0.25, -0.2) is 9.13 Å². The monoisotopic (exact) mass is 1370 g/mol. The zero-order chi connectivity index (χ0) is 69.0. The van der Waals surface area contributed by atoms with Crippen LogP contribution in [0.5, 0.6) is 0 Å². The highest BCUT2D eigenvalue weighted by atomic mass is 31.2. The first-order valence-electron chi connectivity index (χ1n) is 37.5. The van der Waals surface area contributed by atoms with Gasteiger partial charge < -0.3 is 33.8 Å². The second-order valence-electron chi connectivity index (χ2n) is 25.2. The van der Waals surface area contributed by atoms with E-state index in [4.69, 9.17) is 37.0 Å². The SMILES string of the molecule is CC/C=C\C/C=C\C/C=C\C/C=C\CCCCCCC(=O)OCC(COP(=O)(O)OCC(O)COP(=O)(O)OCC(COC(=O)CCCCCCCCCCCCCCC)OC(=O)CCCCCCCCCCCCCCC)OC(=O)CCCCCCC/C=C\CCCC. The molecule has 5 atom stereocenters. The third kappa shape index (κ3) is 67.3. The lowest BCUT2D eigenvalue weighted by atomic mass is 10.0. The van der Waals surface area contributed by atoms with Crippen LogP contribution in [-0.2, 0) is 65.4 Å². The van der Waals surface area contributed by atoms with Crippen LogP contribution in [0, 0.1) is 0 Å². The third-order valence-corrected chi connectivity index (χ3v) is 17.9. The van der Waals surface area contributed by atoms with Gasteiger partial charge in [0.15, 0.2) is 12.2 Å². The minimum absolute atomic E-state index is 0.0819. The van der Waals surface area contributed by atoms with Crippen molar-refractivity contribution in [2.75, 3.05) is 39.6 Å². The lowest BCUT2D eigenvalue weighted by molar-refractivity contribution is -0.161. The number of ether oxygens (including phenoxy) is 4. The number of unbranched alkanes of at least 4 members (excludes halogenated alkanes) is 35. The summed E-state index contributed by atoms with van der Waals surface area (Å²) in [5.41, 5.74) is 0. The highest BCUT2D eigenvalue weighted by molar-refractivity contribution is 7.47. The van der Waals surface area contributed by atoms with E-state index in [1.807, 2.05) is 0 Å². The van der Waals surface area contributed by atoms with Crippen LogP contribution in [-0.4, -0.2) is 96.7 Å². The minimum Gasteiger partial charge on any atom is -0.462 e. The first kappa shape index (κ1) is 90.8. The van der Waals surface area contributed by atoms with Crippen molar-refractivity contribution in [1.29, 1.82) is 0 Å². The number of esters is 4. The predicted molar refractivity (Wildman–Crippen MR) is 381 cm³/mol. The van der Waals surface area contributed by atoms with E-state index in [9.17, 15) is 43.2 Å². The Morgan fingerprint density at radius 1 is 0.309 bits per heavy atom. The second kappa shape index (κ2) is 68.3. The van der Waals surface area contributed by atoms with E-state index >= 15 is 0 Å². The third-order valence-electron chi connectivity index (χ3n) is 16.0. The fraction of sp³-hybridized carbons (Fsp3) is 0.813. The maximum Gasteiger partial charge on any atom is 0.472 e. The van der Waals surface area contributed by atoms with E-state index in [1.165, 1.54) is 122 Å². The second-order valence-corrected chi connectivity index (χ2v) is 28.1. The van der Waals surface area contributed by atoms with Crippen LogP contribution in [0.15, 0.2) is 60.8 Å². The molecule has 94 heavy (non-hydrogen) atoms. The molecule has 0 aliphatic carbocycles. The maximum atomic E-state index is 13.0. The van der Waals surface area contributed by atoms with Gasteiger partial charge in [0.1, 0.15) is 19.3 Å². The molecular weight excluding hydrogens is 1230 g/mol. The van der Waals surface area contributed by atoms with Crippen molar-refractivity contribution in [3.8, 4) is 0 Å². The molecule has 0 aromatic rings. The number of rotatable bonds is 71. The zero-order valence-corrected chi connectivity index (χ0v) is 61.4. The molecule has 0 aromatic carbocycles. The molecule has 19 heteroatoms. The quantitative estimate of drug-likeness (QED) is 0.0169. The predicted octanol–water partition coefficient (Wildman–Crippen LogP) is 21.1. The fourth-order valence-electron chi connectivity index (χ4n) is 10.3. The molecule has 0 fully saturated rings. The van der Waals surface area contributed by atoms with E-state index in [2.05, 4.69) is 88.5 Å². The topological polar surface area (TPSA) is 237 Å². The summed E-state index contributed by atoms with van der Waals surface area (Å²) in [6.45, 7) is 4.73. The molecule has 0 rings (SSSR count). The lowest BCUT2D eigenvalue weighted by Gasteiger charge is -2.21. The number of phosphoric ester groups is 2. The van der Waals surface area contributed by atoms with E-state index in [-0.39, 0.29) is 25.7 Å². The normalized spacial score (nSPS) is 14.3. The summed E-state index contributed by atoms with van der Waals surface area (Å²) in [4.78, 5) is 72.7. The van der Waals surface area contributed by atoms with Gasteiger partial charge in [0.2, 0.25) is 0 Å². The molecule has 0 heterocycles. The van der Waals surface area contributed by atoms with Crippen molar-refractivity contribution in [3.05, 3.63) is 60.8 Å². The van der Waals surface area contributed by atoms with Crippen LogP contribution < -0.4 is 0 Å². The van der Waals surface area contributed by atoms with Gasteiger partial charge in [0, 0.05) is 25.7 Å². The molecule has 0 bridgehead atoms. The number of carbonyl (C=O) groups is 4. The van der Waals surface area contributed by atoms with Gasteiger partial charge in [-0.2, -0.15) is 0 Å². The largest absolute Gasteiger partial charge is 0.472 e. The van der Waals surface area contributed by atoms with E-state index < -0.39 is 97.5 Å². The lowest BCUT2D eigenvalue weighted by Crippen LogP contribution is -2.30. The summed E-state index contributed by atoms with van der Waals surface area (Å²) in [7, 11) is -9.93. The fourth-order valence-corrected chi connectivity index (χ4v) is 11.8. The summed E-state index contributed by atoms with van der Waals surface area (Å²) in [6, 6.07) is 0. The Morgan fingerprint density at radius 3 is 0.894 bits per heavy atom. The van der Waals surface area contributed by atoms with Crippen molar-refractivity contribution in [2.24, 2.45) is 0 Å². The number of carbonyl (C=O) groups excluding carboxylic acids is 4. The number of aliphatic hydroxyl groups is 1. The molecule has 17 nitrogen and oxygen atoms in total. The van der Waals surface area contributed by atoms with Crippen molar-refractivity contribution in [3.63, 3.8) is 0 Å². The summed E-state index contributed by atoms with van der Waals surface area (Å²) in [5.74, 6) is -2.18. The van der Waals surface area contributed by atoms with Gasteiger partial charge in [0.05, 0.1) is 26.4 Å². The van der Waals surface area contributed by atoms with Crippen LogP contribution in [0.3, 0.4) is 0 Å². The summed E-state index contributed by atoms with van der Waals surface area (Å²) < 4.78 is 68.4. The summed E-state index contributed by atoms with van der Waals surface area (Å²) >= 11 is 0. The molecule has 0 saturated heterocycles. The number of allylic oxidation sites excluding steroid dienone is 10. The van der Waals surface area contributed by atoms with Crippen LogP contribution in [0.2, 0.25) is 0 Å². The Kier molecular flexibility index (Phi) is 65.9. The van der Waals surface area contributed by atoms with Crippen LogP contribution in [0.25, 0.3) is 0 Å². The molecule has 0 spiro atoms. The average molecular weight is 1370 g/mol. The minimum atomic E-state index is -4.97. The van der Waals surface area contributed by atoms with Crippen molar-refractivity contribution < 1.29 is 80.2 Å². The zero-order valence-electron chi connectivity index (χ0n) is 59.6. The highest BCUT2D eigenvalue weighted by Crippen LogP contribution is 2.45. The van der Waals surface area contributed by atoms with Crippen LogP contribution >= 0.6 is 15.6 Å². The average Bonchev–Trinajstić information content (AvgIpc) is 1.32. The van der Waals surface area contributed by atoms with Crippen molar-refractivity contribution >= 4 is 39.5 Å². The summed E-state index contributed by atoms with van der Waals surface area (Å²) in [6.07, 6.45) is 65.0. The van der Waals surface area contributed by atoms with E-state index in [0.717, 1.165) is 135 Å². The molecule has 0 radical (unpaired) electrons. The van der Waals surface area contributed by atoms with Crippen molar-refractivity contribution in [2.45, 2.75) is 354 Å². The molecule has 0 aliphatic rings. The standard InChI is InChI=1S/C75H136O17P2/c1-5-9-13-17-21-25-29-32-33-34-35-38-41-44-48-52-56-60-73(78)86-65-70(91-74(79)61-57-53-49-45-39-28-24-20-16-12-8-4)67-89-93(81,82)87-63-69(76)64-88-94(83,84)90-68-71(92-75(80)62-58-54-50-46-42-37-31-27-23-19-15-11-7-3)66-85-72(77)59-55-51-47-43-40-36-30-26-22-18-14-10-6-2/h9,13,20-21,24-25,32-33,35,38,69-71,76H,5-8,10-12,14-19,22-23,26-31,34,36-37,39-68H2,1-4H3,(H,81,82)(H,83,84)/b13-9-,24-20-,25-21-,33-32-,38-35-. The van der Waals surface area contributed by atoms with E-state index in [0.29, 0.717) is 25.7 Å². The maximum absolute atomic E-state index is 13.0. The Balaban J connectivity index is 5.30. The molecule has 0 aliphatic heterocycles. The number of aliphatic hydroxyl groups excluding tert-OH is 1. The number of phosphoric acid groups is 2. The van der Waals surface area contributed by atoms with Gasteiger partial charge in [-0.05, 0) is 83.5 Å². The van der Waals surface area contributed by atoms with Gasteiger partial charge >= 0.3 is 39.5 Å². The first-order chi connectivity index (χ1) is 45.7. The van der Waals surface area contributed by atoms with Gasteiger partial charge in [-0.15, -0.1) is 0 Å². The molecular formula is C75H136O17P2. The van der Waals surface area contributed by atoms with Gasteiger partial charge in [-0.3, -0.25) is 37.3 Å². The van der Waals surface area contributed by atoms with Crippen LogP contribution in [0.4, 0.5) is 0 Å². The summed E-state index contributed by atoms with van der Waals surface area (Å²) in [5, 5.41) is 10.6. The number of hydrogen-bond donors (Lipinski definition) is 3. The highest BCUT2D eigenvalue weighted by Gasteiger charge is 2.30. The first-order valence-corrected chi connectivity index (χ1v) is 40.5. The molecule has 3 N–H and O–H groups in total. The molecule has 0 amide bonds. The molecule has 548 valence electrons. The van der Waals surface area contributed by atoms with Gasteiger partial charge in [0.25, 0.3) is 0 Å². The van der Waals surface area contributed by atoms with E-state index in [1.54, 1.807) is 0 Å².